The monoisotopic (exact) mass is 429 g/mol. The summed E-state index contributed by atoms with van der Waals surface area (Å²) in [5, 5.41) is 0.504. The Bertz CT molecular complexity index is 1080. The first-order chi connectivity index (χ1) is 13.8. The molecule has 3 aromatic rings. The molecule has 0 unspecified atom stereocenters. The fraction of sp³-hybridized carbons (Fsp3) is 0.130. The zero-order chi connectivity index (χ0) is 21.0. The topological polar surface area (TPSA) is 46.2 Å². The second kappa shape index (κ2) is 8.91. The lowest BCUT2D eigenvalue weighted by atomic mass is 9.87. The Morgan fingerprint density at radius 1 is 0.931 bits per heavy atom. The molecule has 2 atom stereocenters. The quantitative estimate of drug-likeness (QED) is 0.505. The largest absolute Gasteiger partial charge is 0.241 e. The van der Waals surface area contributed by atoms with Crippen LogP contribution in [0.4, 0.5) is 4.39 Å². The van der Waals surface area contributed by atoms with E-state index in [1.165, 1.54) is 12.1 Å². The molecule has 0 radical (unpaired) electrons. The van der Waals surface area contributed by atoms with Crippen LogP contribution in [0.15, 0.2) is 96.2 Å². The third-order valence-corrected chi connectivity index (χ3v) is 6.38. The number of rotatable bonds is 7. The molecular weight excluding hydrogens is 409 g/mol. The maximum atomic E-state index is 14.6. The van der Waals surface area contributed by atoms with Crippen LogP contribution in [0.1, 0.15) is 28.7 Å². The number of sulfonamides is 1. The van der Waals surface area contributed by atoms with Crippen LogP contribution in [-0.4, -0.2) is 8.42 Å². The van der Waals surface area contributed by atoms with Gasteiger partial charge >= 0.3 is 0 Å². The highest BCUT2D eigenvalue weighted by Gasteiger charge is 2.32. The molecular formula is C23H21ClFNO2S. The van der Waals surface area contributed by atoms with Gasteiger partial charge in [0.25, 0.3) is 0 Å². The Hall–Kier alpha value is -2.47. The van der Waals surface area contributed by atoms with Crippen molar-refractivity contribution in [1.29, 1.82) is 0 Å². The number of hydrogen-bond donors (Lipinski definition) is 1. The molecule has 3 rings (SSSR count). The fourth-order valence-electron chi connectivity index (χ4n) is 3.17. The maximum Gasteiger partial charge on any atom is 0.241 e. The average Bonchev–Trinajstić information content (AvgIpc) is 2.69. The standard InChI is InChI=1S/C23H21ClFNO2S/c1-16-8-14-21(15-9-16)29(27,28)26-23(19-10-12-20(24)13-11-19)22(17(2)25)18-6-4-3-5-7-18/h3-15,22-23,26H,2H2,1H3/t22-,23+/m1/s1. The van der Waals surface area contributed by atoms with E-state index in [9.17, 15) is 12.8 Å². The van der Waals surface area contributed by atoms with E-state index in [4.69, 9.17) is 11.6 Å². The van der Waals surface area contributed by atoms with Gasteiger partial charge in [0.05, 0.1) is 16.9 Å². The Morgan fingerprint density at radius 2 is 1.52 bits per heavy atom. The number of nitrogens with one attached hydrogen (secondary N) is 1. The van der Waals surface area contributed by atoms with Gasteiger partial charge in [-0.25, -0.2) is 17.5 Å². The molecule has 0 bridgehead atoms. The van der Waals surface area contributed by atoms with Gasteiger partial charge in [-0.05, 0) is 42.3 Å². The van der Waals surface area contributed by atoms with E-state index in [0.29, 0.717) is 16.1 Å². The molecule has 0 aliphatic rings. The third kappa shape index (κ3) is 5.12. The van der Waals surface area contributed by atoms with E-state index in [0.717, 1.165) is 5.56 Å². The van der Waals surface area contributed by atoms with Crippen LogP contribution in [0.3, 0.4) is 0 Å². The molecule has 0 aliphatic carbocycles. The van der Waals surface area contributed by atoms with Gasteiger partial charge in [0.15, 0.2) is 0 Å². The van der Waals surface area contributed by atoms with Gasteiger partial charge in [0.2, 0.25) is 10.0 Å². The molecule has 0 amide bonds. The molecule has 0 spiro atoms. The van der Waals surface area contributed by atoms with E-state index in [-0.39, 0.29) is 4.90 Å². The molecule has 0 fully saturated rings. The van der Waals surface area contributed by atoms with Gasteiger partial charge in [-0.2, -0.15) is 0 Å². The van der Waals surface area contributed by atoms with Crippen molar-refractivity contribution in [2.75, 3.05) is 0 Å². The number of halogens is 2. The zero-order valence-electron chi connectivity index (χ0n) is 15.8. The molecule has 0 saturated carbocycles. The van der Waals surface area contributed by atoms with Gasteiger partial charge in [0, 0.05) is 5.02 Å². The highest BCUT2D eigenvalue weighted by Crippen LogP contribution is 2.38. The van der Waals surface area contributed by atoms with E-state index in [1.807, 2.05) is 13.0 Å². The van der Waals surface area contributed by atoms with Gasteiger partial charge in [0.1, 0.15) is 5.83 Å². The lowest BCUT2D eigenvalue weighted by Gasteiger charge is -2.28. The van der Waals surface area contributed by atoms with Crippen molar-refractivity contribution in [2.45, 2.75) is 23.8 Å². The van der Waals surface area contributed by atoms with E-state index < -0.39 is 27.8 Å². The molecule has 0 aliphatic heterocycles. The van der Waals surface area contributed by atoms with Crippen molar-refractivity contribution in [3.63, 3.8) is 0 Å². The summed E-state index contributed by atoms with van der Waals surface area (Å²) in [7, 11) is -3.91. The number of hydrogen-bond acceptors (Lipinski definition) is 2. The number of aryl methyl sites for hydroxylation is 1. The van der Waals surface area contributed by atoms with Crippen LogP contribution < -0.4 is 4.72 Å². The fourth-order valence-corrected chi connectivity index (χ4v) is 4.53. The van der Waals surface area contributed by atoms with Crippen LogP contribution in [0, 0.1) is 6.92 Å². The second-order valence-electron chi connectivity index (χ2n) is 6.80. The summed E-state index contributed by atoms with van der Waals surface area (Å²) in [4.78, 5) is 0.110. The Kier molecular flexibility index (Phi) is 6.52. The molecule has 3 aromatic carbocycles. The summed E-state index contributed by atoms with van der Waals surface area (Å²) in [6.45, 7) is 5.36. The smallest absolute Gasteiger partial charge is 0.212 e. The molecule has 1 N–H and O–H groups in total. The SMILES string of the molecule is C=C(F)[C@H](c1ccccc1)[C@@H](NS(=O)(=O)c1ccc(C)cc1)c1ccc(Cl)cc1. The summed E-state index contributed by atoms with van der Waals surface area (Å²) in [6.07, 6.45) is 0. The van der Waals surface area contributed by atoms with Gasteiger partial charge < -0.3 is 0 Å². The Labute approximate surface area is 175 Å². The summed E-state index contributed by atoms with van der Waals surface area (Å²) in [6, 6.07) is 21.1. The third-order valence-electron chi connectivity index (χ3n) is 4.67. The molecule has 6 heteroatoms. The van der Waals surface area contributed by atoms with Crippen molar-refractivity contribution in [3.8, 4) is 0 Å². The summed E-state index contributed by atoms with van der Waals surface area (Å²) in [5.74, 6) is -1.54. The van der Waals surface area contributed by atoms with Crippen LogP contribution in [-0.2, 0) is 10.0 Å². The first kappa shape index (κ1) is 21.2. The van der Waals surface area contributed by atoms with Gasteiger partial charge in [-0.3, -0.25) is 0 Å². The van der Waals surface area contributed by atoms with Gasteiger partial charge in [-0.15, -0.1) is 0 Å². The zero-order valence-corrected chi connectivity index (χ0v) is 17.4. The predicted octanol–water partition coefficient (Wildman–Crippen LogP) is 5.94. The second-order valence-corrected chi connectivity index (χ2v) is 8.95. The maximum absolute atomic E-state index is 14.6. The minimum absolute atomic E-state index is 0.110. The molecule has 0 saturated heterocycles. The molecule has 0 heterocycles. The van der Waals surface area contributed by atoms with Crippen molar-refractivity contribution in [2.24, 2.45) is 0 Å². The minimum Gasteiger partial charge on any atom is -0.212 e. The van der Waals surface area contributed by atoms with Crippen molar-refractivity contribution < 1.29 is 12.8 Å². The first-order valence-electron chi connectivity index (χ1n) is 9.01. The van der Waals surface area contributed by atoms with Crippen molar-refractivity contribution >= 4 is 21.6 Å². The van der Waals surface area contributed by atoms with Crippen molar-refractivity contribution in [3.05, 3.63) is 113 Å². The Morgan fingerprint density at radius 3 is 2.07 bits per heavy atom. The average molecular weight is 430 g/mol. The highest BCUT2D eigenvalue weighted by molar-refractivity contribution is 7.89. The Balaban J connectivity index is 2.08. The number of benzene rings is 3. The van der Waals surface area contributed by atoms with E-state index in [2.05, 4.69) is 11.3 Å². The highest BCUT2D eigenvalue weighted by atomic mass is 35.5. The molecule has 3 nitrogen and oxygen atoms in total. The summed E-state index contributed by atoms with van der Waals surface area (Å²) >= 11 is 5.99. The van der Waals surface area contributed by atoms with Crippen molar-refractivity contribution in [1.82, 2.24) is 4.72 Å². The molecule has 0 aromatic heterocycles. The van der Waals surface area contributed by atoms with Gasteiger partial charge in [-0.1, -0.05) is 78.3 Å². The lowest BCUT2D eigenvalue weighted by Crippen LogP contribution is -2.33. The van der Waals surface area contributed by atoms with E-state index >= 15 is 0 Å². The lowest BCUT2D eigenvalue weighted by molar-refractivity contribution is 0.461. The minimum atomic E-state index is -3.91. The van der Waals surface area contributed by atoms with E-state index in [1.54, 1.807) is 60.7 Å². The van der Waals surface area contributed by atoms with Crippen LogP contribution >= 0.6 is 11.6 Å². The summed E-state index contributed by atoms with van der Waals surface area (Å²) < 4.78 is 43.4. The van der Waals surface area contributed by atoms with Crippen LogP contribution in [0.2, 0.25) is 5.02 Å². The normalized spacial score (nSPS) is 13.6. The molecule has 150 valence electrons. The summed E-state index contributed by atoms with van der Waals surface area (Å²) in [5.41, 5.74) is 2.14. The predicted molar refractivity (Wildman–Crippen MR) is 115 cm³/mol. The van der Waals surface area contributed by atoms with Crippen LogP contribution in [0.5, 0.6) is 0 Å². The molecule has 29 heavy (non-hydrogen) atoms. The first-order valence-corrected chi connectivity index (χ1v) is 10.9. The van der Waals surface area contributed by atoms with Crippen LogP contribution in [0.25, 0.3) is 0 Å².